The van der Waals surface area contributed by atoms with E-state index in [1.165, 1.54) is 0 Å². The Morgan fingerprint density at radius 2 is 2.10 bits per heavy atom. The van der Waals surface area contributed by atoms with E-state index in [9.17, 15) is 9.90 Å². The van der Waals surface area contributed by atoms with Crippen molar-refractivity contribution in [3.63, 3.8) is 0 Å². The van der Waals surface area contributed by atoms with Crippen LogP contribution in [-0.2, 0) is 19.0 Å². The Morgan fingerprint density at radius 3 is 2.70 bits per heavy atom. The highest BCUT2D eigenvalue weighted by Crippen LogP contribution is 2.38. The molecule has 0 bridgehead atoms. The molecule has 5 atom stereocenters. The quantitative estimate of drug-likeness (QED) is 0.631. The fraction of sp³-hybridized carbons (Fsp3) is 0.923. The fourth-order valence-electron chi connectivity index (χ4n) is 2.62. The molecular weight excluding hydrogens is 266 g/mol. The summed E-state index contributed by atoms with van der Waals surface area (Å²) in [6.07, 6.45) is -1.86. The van der Waals surface area contributed by atoms with Crippen molar-refractivity contribution in [2.45, 2.75) is 70.0 Å². The van der Waals surface area contributed by atoms with Gasteiger partial charge in [-0.2, -0.15) is 0 Å². The van der Waals surface area contributed by atoms with E-state index in [1.807, 2.05) is 6.92 Å². The first kappa shape index (κ1) is 15.7. The highest BCUT2D eigenvalue weighted by Gasteiger charge is 2.56. The van der Waals surface area contributed by atoms with Crippen molar-refractivity contribution >= 4 is 5.91 Å². The molecule has 2 saturated heterocycles. The number of carbonyl (C=O) groups is 1. The number of nitrogens with one attached hydrogen (secondary N) is 1. The number of amides is 1. The molecule has 0 aromatic rings. The van der Waals surface area contributed by atoms with Gasteiger partial charge >= 0.3 is 0 Å². The maximum atomic E-state index is 11.8. The van der Waals surface area contributed by atoms with Gasteiger partial charge in [-0.25, -0.2) is 0 Å². The summed E-state index contributed by atoms with van der Waals surface area (Å²) in [4.78, 5) is 11.8. The Kier molecular flexibility index (Phi) is 4.66. The van der Waals surface area contributed by atoms with E-state index >= 15 is 0 Å². The maximum absolute atomic E-state index is 11.8. The van der Waals surface area contributed by atoms with E-state index < -0.39 is 43.0 Å². The maximum Gasteiger partial charge on any atom is 0.220 e. The molecular formula is C13H23NO6. The van der Waals surface area contributed by atoms with Crippen LogP contribution in [-0.4, -0.2) is 59.2 Å². The minimum absolute atomic E-state index is 0.134. The standard InChI is InChI=1S/C13H23NO6/c1-4-5-8(17)14-9-10(7(16)6-15)18-12-11(9)19-13(2,3)20-12/h7,9-12,15-16H,4-6H2,1-3H3,(H,14,17)/t7-,9+,10-,11-,12-/m1/s1. The average Bonchev–Trinajstić information content (AvgIpc) is 2.82. The van der Waals surface area contributed by atoms with Crippen molar-refractivity contribution in [2.24, 2.45) is 0 Å². The first-order valence-electron chi connectivity index (χ1n) is 6.97. The summed E-state index contributed by atoms with van der Waals surface area (Å²) < 4.78 is 16.9. The molecule has 0 aromatic heterocycles. The van der Waals surface area contributed by atoms with E-state index in [0.29, 0.717) is 6.42 Å². The number of aliphatic hydroxyl groups is 2. The third-order valence-corrected chi connectivity index (χ3v) is 3.46. The minimum atomic E-state index is -1.09. The summed E-state index contributed by atoms with van der Waals surface area (Å²) in [5.74, 6) is -0.928. The molecule has 0 aromatic carbocycles. The smallest absolute Gasteiger partial charge is 0.220 e. The predicted molar refractivity (Wildman–Crippen MR) is 68.6 cm³/mol. The van der Waals surface area contributed by atoms with Crippen molar-refractivity contribution in [3.05, 3.63) is 0 Å². The van der Waals surface area contributed by atoms with Crippen molar-refractivity contribution in [1.82, 2.24) is 5.32 Å². The molecule has 2 aliphatic heterocycles. The number of ether oxygens (including phenoxy) is 3. The summed E-state index contributed by atoms with van der Waals surface area (Å²) in [6, 6.07) is -0.539. The second kappa shape index (κ2) is 5.95. The van der Waals surface area contributed by atoms with Gasteiger partial charge in [0.15, 0.2) is 12.1 Å². The zero-order chi connectivity index (χ0) is 14.9. The zero-order valence-electron chi connectivity index (χ0n) is 12.0. The molecule has 2 aliphatic rings. The van der Waals surface area contributed by atoms with Crippen molar-refractivity contribution in [1.29, 1.82) is 0 Å². The Morgan fingerprint density at radius 1 is 1.40 bits per heavy atom. The topological polar surface area (TPSA) is 97.3 Å². The van der Waals surface area contributed by atoms with Gasteiger partial charge in [0.25, 0.3) is 0 Å². The van der Waals surface area contributed by atoms with Crippen LogP contribution in [0, 0.1) is 0 Å². The van der Waals surface area contributed by atoms with Gasteiger partial charge in [0.05, 0.1) is 12.6 Å². The van der Waals surface area contributed by atoms with Crippen LogP contribution in [0.15, 0.2) is 0 Å². The predicted octanol–water partition coefficient (Wildman–Crippen LogP) is -0.499. The molecule has 7 nitrogen and oxygen atoms in total. The van der Waals surface area contributed by atoms with Crippen LogP contribution in [0.5, 0.6) is 0 Å². The van der Waals surface area contributed by atoms with Gasteiger partial charge in [-0.05, 0) is 20.3 Å². The number of aliphatic hydroxyl groups excluding tert-OH is 2. The Hall–Kier alpha value is -0.730. The van der Waals surface area contributed by atoms with Gasteiger partial charge in [-0.3, -0.25) is 4.79 Å². The third-order valence-electron chi connectivity index (χ3n) is 3.46. The van der Waals surface area contributed by atoms with E-state index in [0.717, 1.165) is 6.42 Å². The van der Waals surface area contributed by atoms with Crippen LogP contribution in [0.3, 0.4) is 0 Å². The molecule has 7 heteroatoms. The lowest BCUT2D eigenvalue weighted by atomic mass is 10.0. The van der Waals surface area contributed by atoms with E-state index in [4.69, 9.17) is 19.3 Å². The molecule has 1 amide bonds. The van der Waals surface area contributed by atoms with Crippen LogP contribution in [0.1, 0.15) is 33.6 Å². The lowest BCUT2D eigenvalue weighted by Gasteiger charge is -2.28. The first-order valence-corrected chi connectivity index (χ1v) is 6.97. The van der Waals surface area contributed by atoms with Crippen LogP contribution in [0.2, 0.25) is 0 Å². The van der Waals surface area contributed by atoms with Gasteiger partial charge in [0.2, 0.25) is 5.91 Å². The summed E-state index contributed by atoms with van der Waals surface area (Å²) in [5, 5.41) is 21.7. The number of hydrogen-bond acceptors (Lipinski definition) is 6. The lowest BCUT2D eigenvalue weighted by Crippen LogP contribution is -2.52. The monoisotopic (exact) mass is 289 g/mol. The number of fused-ring (bicyclic) bond motifs is 1. The molecule has 3 N–H and O–H groups in total. The van der Waals surface area contributed by atoms with Crippen molar-refractivity contribution in [2.75, 3.05) is 6.61 Å². The minimum Gasteiger partial charge on any atom is -0.394 e. The molecule has 0 aliphatic carbocycles. The first-order chi connectivity index (χ1) is 9.38. The SMILES string of the molecule is CCCC(=O)N[C@@H]1[C@H]2OC(C)(C)O[C@H]2O[C@@H]1[C@H](O)CO. The Labute approximate surface area is 118 Å². The second-order valence-electron chi connectivity index (χ2n) is 5.66. The van der Waals surface area contributed by atoms with Gasteiger partial charge < -0.3 is 29.7 Å². The van der Waals surface area contributed by atoms with Crippen molar-refractivity contribution < 1.29 is 29.2 Å². The Bertz CT molecular complexity index is 361. The van der Waals surface area contributed by atoms with E-state index in [1.54, 1.807) is 13.8 Å². The number of rotatable bonds is 5. The zero-order valence-corrected chi connectivity index (χ0v) is 12.0. The van der Waals surface area contributed by atoms with E-state index in [2.05, 4.69) is 5.32 Å². The molecule has 2 heterocycles. The lowest BCUT2D eigenvalue weighted by molar-refractivity contribution is -0.218. The summed E-state index contributed by atoms with van der Waals surface area (Å²) in [5.41, 5.74) is 0. The van der Waals surface area contributed by atoms with Crippen LogP contribution < -0.4 is 5.32 Å². The normalized spacial score (nSPS) is 36.6. The fourth-order valence-corrected chi connectivity index (χ4v) is 2.62. The molecule has 2 fully saturated rings. The van der Waals surface area contributed by atoms with Gasteiger partial charge in [0.1, 0.15) is 18.3 Å². The highest BCUT2D eigenvalue weighted by molar-refractivity contribution is 5.76. The molecule has 0 saturated carbocycles. The Balaban J connectivity index is 2.10. The second-order valence-corrected chi connectivity index (χ2v) is 5.66. The van der Waals surface area contributed by atoms with Crippen LogP contribution in [0.25, 0.3) is 0 Å². The molecule has 116 valence electrons. The van der Waals surface area contributed by atoms with Gasteiger partial charge in [-0.1, -0.05) is 6.92 Å². The summed E-state index contributed by atoms with van der Waals surface area (Å²) in [6.45, 7) is 4.98. The third kappa shape index (κ3) is 3.12. The highest BCUT2D eigenvalue weighted by atomic mass is 16.8. The largest absolute Gasteiger partial charge is 0.394 e. The summed E-state index contributed by atoms with van der Waals surface area (Å²) in [7, 11) is 0. The molecule has 2 rings (SSSR count). The molecule has 20 heavy (non-hydrogen) atoms. The van der Waals surface area contributed by atoms with E-state index in [-0.39, 0.29) is 5.91 Å². The van der Waals surface area contributed by atoms with Crippen molar-refractivity contribution in [3.8, 4) is 0 Å². The van der Waals surface area contributed by atoms with Crippen LogP contribution in [0.4, 0.5) is 0 Å². The number of hydrogen-bond donors (Lipinski definition) is 3. The van der Waals surface area contributed by atoms with Gasteiger partial charge in [-0.15, -0.1) is 0 Å². The molecule has 0 radical (unpaired) electrons. The molecule has 0 unspecified atom stereocenters. The molecule has 0 spiro atoms. The summed E-state index contributed by atoms with van der Waals surface area (Å²) >= 11 is 0. The van der Waals surface area contributed by atoms with Gasteiger partial charge in [0, 0.05) is 6.42 Å². The average molecular weight is 289 g/mol. The number of carbonyl (C=O) groups excluding carboxylic acids is 1. The van der Waals surface area contributed by atoms with Crippen LogP contribution >= 0.6 is 0 Å².